The monoisotopic (exact) mass is 940 g/mol. The number of amides is 1. The summed E-state index contributed by atoms with van der Waals surface area (Å²) in [5.74, 6) is -0.790. The van der Waals surface area contributed by atoms with E-state index >= 15 is 0 Å². The van der Waals surface area contributed by atoms with Crippen LogP contribution in [-0.4, -0.2) is 70.4 Å². The highest BCUT2D eigenvalue weighted by Gasteiger charge is 2.43. The fourth-order valence-electron chi connectivity index (χ4n) is 8.55. The number of nitrogens with one attached hydrogen (secondary N) is 3. The van der Waals surface area contributed by atoms with Gasteiger partial charge in [0.25, 0.3) is 5.91 Å². The molecule has 1 saturated heterocycles. The van der Waals surface area contributed by atoms with Crippen molar-refractivity contribution in [2.24, 2.45) is 5.41 Å². The number of rotatable bonds is 17. The quantitative estimate of drug-likeness (QED) is 0.0487. The first-order chi connectivity index (χ1) is 32.3. The molecule has 0 saturated carbocycles. The number of aliphatic hydroxyl groups excluding tert-OH is 1. The third-order valence-electron chi connectivity index (χ3n) is 12.5. The average molecular weight is 942 g/mol. The predicted octanol–water partition coefficient (Wildman–Crippen LogP) is 8.46. The number of phenolic OH excluding ortho intramolecular Hbond substituents is 1. The minimum absolute atomic E-state index is 0.0940. The Morgan fingerprint density at radius 3 is 2.37 bits per heavy atom. The van der Waals surface area contributed by atoms with Crippen molar-refractivity contribution < 1.29 is 34.4 Å². The molecule has 2 atom stereocenters. The number of nitrogens with zero attached hydrogens (tertiary/aromatic N) is 1. The van der Waals surface area contributed by atoms with Gasteiger partial charge in [0.1, 0.15) is 11.5 Å². The van der Waals surface area contributed by atoms with Crippen molar-refractivity contribution in [1.82, 2.24) is 20.5 Å². The van der Waals surface area contributed by atoms with Crippen LogP contribution in [0.15, 0.2) is 138 Å². The van der Waals surface area contributed by atoms with Crippen LogP contribution in [0.1, 0.15) is 68.9 Å². The number of halogens is 1. The number of hydrogen-bond acceptors (Lipinski definition) is 11. The lowest BCUT2D eigenvalue weighted by molar-refractivity contribution is -0.166. The van der Waals surface area contributed by atoms with Gasteiger partial charge in [0.2, 0.25) is 11.2 Å². The van der Waals surface area contributed by atoms with Gasteiger partial charge in [0.05, 0.1) is 42.5 Å². The number of methoxy groups -OCH3 is 1. The number of aromatic amines is 1. The van der Waals surface area contributed by atoms with Crippen molar-refractivity contribution >= 4 is 45.7 Å². The first-order valence-corrected chi connectivity index (χ1v) is 23.3. The van der Waals surface area contributed by atoms with Gasteiger partial charge in [-0.25, -0.2) is 4.79 Å². The number of phenols is 1. The second-order valence-electron chi connectivity index (χ2n) is 17.3. The van der Waals surface area contributed by atoms with Gasteiger partial charge in [-0.3, -0.25) is 14.5 Å². The number of carbonyl (C=O) groups is 2. The summed E-state index contributed by atoms with van der Waals surface area (Å²) in [6, 6.07) is 39.6. The third kappa shape index (κ3) is 10.8. The van der Waals surface area contributed by atoms with Crippen LogP contribution < -0.4 is 20.9 Å². The van der Waals surface area contributed by atoms with Crippen LogP contribution in [0.4, 0.5) is 0 Å². The number of piperidine rings is 1. The number of esters is 1. The molecule has 3 heterocycles. The minimum atomic E-state index is -2.06. The van der Waals surface area contributed by atoms with Crippen LogP contribution in [0.2, 0.25) is 5.02 Å². The molecule has 7 aromatic rings. The van der Waals surface area contributed by atoms with Gasteiger partial charge >= 0.3 is 5.97 Å². The molecular formula is C53H53ClN4O8S. The second-order valence-corrected chi connectivity index (χ2v) is 18.9. The molecule has 1 fully saturated rings. The number of aromatic hydroxyl groups is 1. The summed E-state index contributed by atoms with van der Waals surface area (Å²) < 4.78 is 11.7. The Bertz CT molecular complexity index is 2920. The molecule has 14 heteroatoms. The van der Waals surface area contributed by atoms with E-state index in [0.717, 1.165) is 47.8 Å². The fraction of sp³-hybridized carbons (Fsp3) is 0.264. The first kappa shape index (κ1) is 47.2. The van der Waals surface area contributed by atoms with Crippen LogP contribution in [0.5, 0.6) is 11.5 Å². The Morgan fingerprint density at radius 2 is 1.63 bits per heavy atom. The number of carbonyl (C=O) groups excluding carboxylic acids is 2. The van der Waals surface area contributed by atoms with Gasteiger partial charge < -0.3 is 40.4 Å². The van der Waals surface area contributed by atoms with Crippen molar-refractivity contribution in [3.63, 3.8) is 0 Å². The Kier molecular flexibility index (Phi) is 14.6. The van der Waals surface area contributed by atoms with Crippen molar-refractivity contribution in [1.29, 1.82) is 0 Å². The molecule has 1 amide bonds. The standard InChI is InChI=1S/C53H53ClN4O8S/c1-52(22-24-58(25-23-52)32-34-10-5-3-6-11-34)33-66-51(63)53(64,37-13-7-4-8-14-37)38-15-9-12-35(26-38)47-20-16-39(67-47)30-56-50(62)42-28-46(65-2)36(27-43(42)54)29-55-31-45(60)40-17-19-44(59)49-41(40)18-21-48(61)57-49/h3-21,26-28,45,55,59-60,64H,22-25,29-33H2,1-2H3,(H,56,62)(H,57,61)/t45-,53-/m0/s1. The number of thiophene rings is 1. The van der Waals surface area contributed by atoms with Gasteiger partial charge in [-0.05, 0) is 90.6 Å². The number of H-pyrrole nitrogens is 1. The van der Waals surface area contributed by atoms with E-state index in [1.54, 1.807) is 54.6 Å². The van der Waals surface area contributed by atoms with Crippen LogP contribution in [0.25, 0.3) is 21.3 Å². The maximum atomic E-state index is 14.2. The zero-order chi connectivity index (χ0) is 47.1. The third-order valence-corrected chi connectivity index (χ3v) is 14.0. The maximum absolute atomic E-state index is 14.2. The van der Waals surface area contributed by atoms with Gasteiger partial charge in [-0.15, -0.1) is 11.3 Å². The number of pyridine rings is 1. The molecule has 5 aromatic carbocycles. The van der Waals surface area contributed by atoms with Gasteiger partial charge in [0, 0.05) is 57.4 Å². The molecule has 6 N–H and O–H groups in total. The molecule has 67 heavy (non-hydrogen) atoms. The number of ether oxygens (including phenoxy) is 2. The maximum Gasteiger partial charge on any atom is 0.347 e. The lowest BCUT2D eigenvalue weighted by Gasteiger charge is -2.39. The molecular weight excluding hydrogens is 888 g/mol. The highest BCUT2D eigenvalue weighted by molar-refractivity contribution is 7.15. The number of likely N-dealkylation sites (tertiary alicyclic amines) is 1. The average Bonchev–Trinajstić information content (AvgIpc) is 3.83. The van der Waals surface area contributed by atoms with Crippen molar-refractivity contribution in [2.45, 2.75) is 51.1 Å². The molecule has 0 aliphatic carbocycles. The number of benzene rings is 5. The van der Waals surface area contributed by atoms with E-state index in [1.165, 1.54) is 36.1 Å². The topological polar surface area (TPSA) is 173 Å². The van der Waals surface area contributed by atoms with Gasteiger partial charge in [-0.2, -0.15) is 0 Å². The molecule has 2 aromatic heterocycles. The summed E-state index contributed by atoms with van der Waals surface area (Å²) in [5.41, 5.74) is 1.87. The molecule has 12 nitrogen and oxygen atoms in total. The van der Waals surface area contributed by atoms with E-state index in [0.29, 0.717) is 33.4 Å². The van der Waals surface area contributed by atoms with E-state index in [1.807, 2.05) is 42.5 Å². The summed E-state index contributed by atoms with van der Waals surface area (Å²) >= 11 is 8.14. The summed E-state index contributed by atoms with van der Waals surface area (Å²) in [7, 11) is 1.50. The van der Waals surface area contributed by atoms with Crippen molar-refractivity contribution in [3.8, 4) is 21.9 Å². The summed E-state index contributed by atoms with van der Waals surface area (Å²) in [6.45, 7) is 5.59. The van der Waals surface area contributed by atoms with Crippen molar-refractivity contribution in [3.05, 3.63) is 187 Å². The Labute approximate surface area is 397 Å². The number of aromatic nitrogens is 1. The fourth-order valence-corrected chi connectivity index (χ4v) is 9.77. The summed E-state index contributed by atoms with van der Waals surface area (Å²) in [5, 5.41) is 40.5. The SMILES string of the molecule is COc1cc(C(=O)NCc2ccc(-c3cccc([C@](O)(C(=O)OCC4(C)CCN(Cc5ccccc5)CC4)c4ccccc4)c3)s2)c(Cl)cc1CNC[C@H](O)c1ccc(O)c2[nH]c(=O)ccc12. The molecule has 0 unspecified atom stereocenters. The van der Waals surface area contributed by atoms with E-state index < -0.39 is 23.6 Å². The minimum Gasteiger partial charge on any atom is -0.506 e. The lowest BCUT2D eigenvalue weighted by atomic mass is 9.81. The van der Waals surface area contributed by atoms with Gasteiger partial charge in [0.15, 0.2) is 0 Å². The number of hydrogen-bond donors (Lipinski definition) is 6. The van der Waals surface area contributed by atoms with E-state index in [-0.39, 0.29) is 59.1 Å². The zero-order valence-electron chi connectivity index (χ0n) is 37.3. The van der Waals surface area contributed by atoms with Crippen LogP contribution in [0.3, 0.4) is 0 Å². The van der Waals surface area contributed by atoms with E-state index in [2.05, 4.69) is 51.7 Å². The van der Waals surface area contributed by atoms with Gasteiger partial charge in [-0.1, -0.05) is 103 Å². The Morgan fingerprint density at radius 1 is 0.896 bits per heavy atom. The second kappa shape index (κ2) is 20.7. The van der Waals surface area contributed by atoms with Crippen LogP contribution in [-0.2, 0) is 34.8 Å². The number of fused-ring (bicyclic) bond motifs is 1. The first-order valence-electron chi connectivity index (χ1n) is 22.1. The molecule has 8 rings (SSSR count). The molecule has 346 valence electrons. The Hall–Kier alpha value is -6.32. The molecule has 0 spiro atoms. The molecule has 0 bridgehead atoms. The molecule has 1 aliphatic heterocycles. The van der Waals surface area contributed by atoms with Crippen LogP contribution in [0, 0.1) is 5.41 Å². The van der Waals surface area contributed by atoms with E-state index in [4.69, 9.17) is 21.1 Å². The van der Waals surface area contributed by atoms with Crippen molar-refractivity contribution in [2.75, 3.05) is 33.4 Å². The summed E-state index contributed by atoms with van der Waals surface area (Å²) in [6.07, 6.45) is 0.754. The summed E-state index contributed by atoms with van der Waals surface area (Å²) in [4.78, 5) is 46.3. The molecule has 1 aliphatic rings. The number of aliphatic hydroxyl groups is 2. The predicted molar refractivity (Wildman–Crippen MR) is 261 cm³/mol. The largest absolute Gasteiger partial charge is 0.506 e. The highest BCUT2D eigenvalue weighted by atomic mass is 35.5. The lowest BCUT2D eigenvalue weighted by Crippen LogP contribution is -2.43. The Balaban J connectivity index is 0.894. The zero-order valence-corrected chi connectivity index (χ0v) is 38.8. The highest BCUT2D eigenvalue weighted by Crippen LogP contribution is 2.38. The smallest absolute Gasteiger partial charge is 0.347 e. The molecule has 0 radical (unpaired) electrons. The van der Waals surface area contributed by atoms with E-state index in [9.17, 15) is 29.7 Å². The van der Waals surface area contributed by atoms with Crippen LogP contribution >= 0.6 is 22.9 Å². The normalized spacial score (nSPS) is 15.1.